The maximum Gasteiger partial charge on any atom is 0.324 e. The maximum atomic E-state index is 12.7. The Labute approximate surface area is 171 Å². The van der Waals surface area contributed by atoms with Gasteiger partial charge in [0.25, 0.3) is 11.0 Å². The van der Waals surface area contributed by atoms with E-state index in [2.05, 4.69) is 4.98 Å². The third-order valence-electron chi connectivity index (χ3n) is 3.98. The number of amides is 2. The number of primary amides is 1. The van der Waals surface area contributed by atoms with Crippen molar-refractivity contribution < 1.29 is 9.90 Å². The average Bonchev–Trinajstić information content (AvgIpc) is 2.71. The zero-order chi connectivity index (χ0) is 19.9. The highest BCUT2D eigenvalue weighted by Crippen LogP contribution is 2.39. The van der Waals surface area contributed by atoms with E-state index in [9.17, 15) is 19.5 Å². The van der Waals surface area contributed by atoms with E-state index in [-0.39, 0.29) is 16.6 Å². The van der Waals surface area contributed by atoms with Crippen molar-refractivity contribution in [1.29, 1.82) is 0 Å². The smallest absolute Gasteiger partial charge is 0.324 e. The van der Waals surface area contributed by atoms with Crippen molar-refractivity contribution in [2.75, 3.05) is 4.90 Å². The molecule has 0 unspecified atom stereocenters. The molecule has 0 aliphatic heterocycles. The van der Waals surface area contributed by atoms with Gasteiger partial charge in [0.15, 0.2) is 5.75 Å². The first kappa shape index (κ1) is 19.2. The molecule has 9 heteroatoms. The molecule has 27 heavy (non-hydrogen) atoms. The highest BCUT2D eigenvalue weighted by molar-refractivity contribution is 14.1. The Kier molecular flexibility index (Phi) is 5.11. The number of anilines is 2. The van der Waals surface area contributed by atoms with E-state index in [1.165, 1.54) is 12.1 Å². The molecule has 3 rings (SSSR count). The monoisotopic (exact) mass is 497 g/mol. The average molecular weight is 498 g/mol. The van der Waals surface area contributed by atoms with Crippen LogP contribution in [0, 0.1) is 10.5 Å². The summed E-state index contributed by atoms with van der Waals surface area (Å²) in [6, 6.07) is 8.52. The van der Waals surface area contributed by atoms with E-state index in [0.29, 0.717) is 14.2 Å². The molecule has 4 N–H and O–H groups in total. The Hall–Kier alpha value is -2.59. The number of halogens is 2. The van der Waals surface area contributed by atoms with E-state index in [4.69, 9.17) is 17.3 Å². The van der Waals surface area contributed by atoms with Gasteiger partial charge in [-0.1, -0.05) is 29.8 Å². The van der Waals surface area contributed by atoms with Crippen molar-refractivity contribution in [2.24, 2.45) is 5.73 Å². The Morgan fingerprint density at radius 1 is 1.26 bits per heavy atom. The van der Waals surface area contributed by atoms with Gasteiger partial charge in [-0.2, -0.15) is 0 Å². The Morgan fingerprint density at radius 2 is 1.89 bits per heavy atom. The van der Waals surface area contributed by atoms with Gasteiger partial charge >= 0.3 is 6.03 Å². The molecule has 0 fully saturated rings. The Bertz CT molecular complexity index is 1200. The molecule has 0 radical (unpaired) electrons. The van der Waals surface area contributed by atoms with Crippen molar-refractivity contribution >= 4 is 62.5 Å². The van der Waals surface area contributed by atoms with Gasteiger partial charge in [-0.15, -0.1) is 0 Å². The number of nitrogens with one attached hydrogen (secondary N) is 1. The molecule has 2 aromatic carbocycles. The van der Waals surface area contributed by atoms with Gasteiger partial charge in [-0.25, -0.2) is 4.79 Å². The molecule has 138 valence electrons. The van der Waals surface area contributed by atoms with Crippen molar-refractivity contribution in [1.82, 2.24) is 4.98 Å². The number of rotatable bonds is 2. The molecule has 3 aromatic rings. The van der Waals surface area contributed by atoms with Crippen molar-refractivity contribution in [3.63, 3.8) is 0 Å². The van der Waals surface area contributed by atoms with Crippen LogP contribution < -0.4 is 21.6 Å². The van der Waals surface area contributed by atoms with Crippen LogP contribution in [0.25, 0.3) is 10.9 Å². The number of aromatic nitrogens is 1. The van der Waals surface area contributed by atoms with E-state index in [1.807, 2.05) is 22.6 Å². The summed E-state index contributed by atoms with van der Waals surface area (Å²) in [6.07, 6.45) is 0. The molecule has 0 atom stereocenters. The van der Waals surface area contributed by atoms with Gasteiger partial charge in [0.05, 0.1) is 21.6 Å². The molecule has 0 bridgehead atoms. The van der Waals surface area contributed by atoms with Crippen LogP contribution in [-0.4, -0.2) is 16.1 Å². The van der Waals surface area contributed by atoms with Crippen LogP contribution in [0.5, 0.6) is 5.75 Å². The second-order valence-corrected chi connectivity index (χ2v) is 7.19. The lowest BCUT2D eigenvalue weighted by molar-refractivity contribution is 0.256. The van der Waals surface area contributed by atoms with Crippen LogP contribution in [0.3, 0.4) is 0 Å². The number of aromatic hydroxyl groups is 1. The zero-order valence-corrected chi connectivity index (χ0v) is 16.8. The third kappa shape index (κ3) is 3.26. The first-order valence-electron chi connectivity index (χ1n) is 7.66. The lowest BCUT2D eigenvalue weighted by Crippen LogP contribution is -2.37. The summed E-state index contributed by atoms with van der Waals surface area (Å²) >= 11 is 8.17. The molecule has 1 heterocycles. The van der Waals surface area contributed by atoms with Gasteiger partial charge in [-0.3, -0.25) is 14.5 Å². The second kappa shape index (κ2) is 7.20. The minimum absolute atomic E-state index is 0.141. The molecule has 0 spiro atoms. The quantitative estimate of drug-likeness (QED) is 0.372. The predicted molar refractivity (Wildman–Crippen MR) is 113 cm³/mol. The van der Waals surface area contributed by atoms with Crippen LogP contribution in [0.15, 0.2) is 46.0 Å². The standard InChI is InChI=1S/C18H13ClIN3O4/c1-8-7-10-11(13(20)12(8)19)15(24)14(16(25)17(26)22-10)23(18(21)27)9-5-3-2-4-6-9/h2-7,24H,1H3,(H2,21,27)(H,22,25,26). The molecule has 1 aromatic heterocycles. The zero-order valence-electron chi connectivity index (χ0n) is 13.9. The third-order valence-corrected chi connectivity index (χ3v) is 5.86. The van der Waals surface area contributed by atoms with Gasteiger partial charge in [0.2, 0.25) is 0 Å². The van der Waals surface area contributed by atoms with Gasteiger partial charge in [0, 0.05) is 3.57 Å². The largest absolute Gasteiger partial charge is 0.505 e. The van der Waals surface area contributed by atoms with E-state index in [1.54, 1.807) is 31.2 Å². The number of carbonyl (C=O) groups is 1. The highest BCUT2D eigenvalue weighted by atomic mass is 127. The number of aryl methyl sites for hydroxylation is 1. The SMILES string of the molecule is Cc1cc2[nH]c(=O)c(=O)c(N(C(N)=O)c3ccccc3)c(O)c2c(I)c1Cl. The van der Waals surface area contributed by atoms with Crippen LogP contribution in [0.1, 0.15) is 5.56 Å². The number of urea groups is 1. The molecule has 2 amide bonds. The summed E-state index contributed by atoms with van der Waals surface area (Å²) in [4.78, 5) is 40.5. The number of aromatic amines is 1. The van der Waals surface area contributed by atoms with Crippen LogP contribution in [0.2, 0.25) is 5.02 Å². The summed E-state index contributed by atoms with van der Waals surface area (Å²) in [5.41, 5.74) is 3.91. The molecule has 0 saturated heterocycles. The second-order valence-electron chi connectivity index (χ2n) is 5.73. The van der Waals surface area contributed by atoms with Gasteiger partial charge in [-0.05, 0) is 53.3 Å². The number of benzene rings is 2. The number of carbonyl (C=O) groups excluding carboxylic acids is 1. The predicted octanol–water partition coefficient (Wildman–Crippen LogP) is 3.38. The van der Waals surface area contributed by atoms with Gasteiger partial charge in [0.1, 0.15) is 5.69 Å². The molecule has 0 aliphatic rings. The van der Waals surface area contributed by atoms with Crippen LogP contribution >= 0.6 is 34.2 Å². The fraction of sp³-hybridized carbons (Fsp3) is 0.0556. The Balaban J connectivity index is 2.55. The Morgan fingerprint density at radius 3 is 2.48 bits per heavy atom. The maximum absolute atomic E-state index is 12.7. The van der Waals surface area contributed by atoms with Gasteiger partial charge < -0.3 is 15.8 Å². The van der Waals surface area contributed by atoms with Crippen LogP contribution in [0.4, 0.5) is 16.2 Å². The molecule has 0 aliphatic carbocycles. The number of H-pyrrole nitrogens is 1. The number of fused-ring (bicyclic) bond motifs is 1. The van der Waals surface area contributed by atoms with E-state index >= 15 is 0 Å². The van der Waals surface area contributed by atoms with E-state index < -0.39 is 28.5 Å². The lowest BCUT2D eigenvalue weighted by Gasteiger charge is -2.20. The number of para-hydroxylation sites is 1. The van der Waals surface area contributed by atoms with E-state index in [0.717, 1.165) is 4.90 Å². The molecular formula is C18H13ClIN3O4. The molecular weight excluding hydrogens is 485 g/mol. The number of nitrogens with two attached hydrogens (primary N) is 1. The summed E-state index contributed by atoms with van der Waals surface area (Å²) in [5, 5.41) is 11.4. The molecule has 7 nitrogen and oxygen atoms in total. The van der Waals surface area contributed by atoms with Crippen molar-refractivity contribution in [3.8, 4) is 5.75 Å². The number of hydrogen-bond acceptors (Lipinski definition) is 4. The first-order valence-corrected chi connectivity index (χ1v) is 9.12. The summed E-state index contributed by atoms with van der Waals surface area (Å²) in [6.45, 7) is 1.73. The van der Waals surface area contributed by atoms with Crippen LogP contribution in [-0.2, 0) is 0 Å². The summed E-state index contributed by atoms with van der Waals surface area (Å²) in [5.74, 6) is -0.567. The normalized spacial score (nSPS) is 10.8. The summed E-state index contributed by atoms with van der Waals surface area (Å²) < 4.78 is 0.423. The topological polar surface area (TPSA) is 116 Å². The summed E-state index contributed by atoms with van der Waals surface area (Å²) in [7, 11) is 0. The van der Waals surface area contributed by atoms with Crippen molar-refractivity contribution in [2.45, 2.75) is 6.92 Å². The minimum atomic E-state index is -1.10. The molecule has 0 saturated carbocycles. The van der Waals surface area contributed by atoms with Crippen molar-refractivity contribution in [3.05, 3.63) is 71.1 Å². The fourth-order valence-corrected chi connectivity index (χ4v) is 3.87. The highest BCUT2D eigenvalue weighted by Gasteiger charge is 2.25. The minimum Gasteiger partial charge on any atom is -0.505 e. The number of nitrogens with zero attached hydrogens (tertiary/aromatic N) is 1. The number of hydrogen-bond donors (Lipinski definition) is 3. The first-order chi connectivity index (χ1) is 12.7. The lowest BCUT2D eigenvalue weighted by atomic mass is 10.1. The fourth-order valence-electron chi connectivity index (χ4n) is 2.75.